The van der Waals surface area contributed by atoms with E-state index in [1.807, 2.05) is 43.5 Å². The van der Waals surface area contributed by atoms with Gasteiger partial charge in [-0.15, -0.1) is 11.3 Å². The molecule has 0 fully saturated rings. The van der Waals surface area contributed by atoms with E-state index in [0.29, 0.717) is 32.6 Å². The van der Waals surface area contributed by atoms with Crippen LogP contribution in [0.15, 0.2) is 57.8 Å². The van der Waals surface area contributed by atoms with Gasteiger partial charge in [-0.3, -0.25) is 14.2 Å². The predicted octanol–water partition coefficient (Wildman–Crippen LogP) is 4.81. The fraction of sp³-hybridized carbons (Fsp3) is 0.208. The van der Waals surface area contributed by atoms with Crippen LogP contribution >= 0.6 is 23.1 Å². The summed E-state index contributed by atoms with van der Waals surface area (Å²) in [4.78, 5) is 30.7. The molecule has 1 amide bonds. The Morgan fingerprint density at radius 2 is 1.88 bits per heavy atom. The number of carbonyl (C=O) groups excluding carboxylic acids is 1. The van der Waals surface area contributed by atoms with Gasteiger partial charge in [-0.1, -0.05) is 23.9 Å². The van der Waals surface area contributed by atoms with Gasteiger partial charge in [0.05, 0.1) is 31.2 Å². The van der Waals surface area contributed by atoms with E-state index in [-0.39, 0.29) is 17.2 Å². The van der Waals surface area contributed by atoms with Crippen molar-refractivity contribution in [1.29, 1.82) is 0 Å². The molecule has 1 N–H and O–H groups in total. The summed E-state index contributed by atoms with van der Waals surface area (Å²) >= 11 is 2.59. The van der Waals surface area contributed by atoms with Crippen LogP contribution in [0.2, 0.25) is 0 Å². The summed E-state index contributed by atoms with van der Waals surface area (Å²) in [6, 6.07) is 12.9. The predicted molar refractivity (Wildman–Crippen MR) is 134 cm³/mol. The highest BCUT2D eigenvalue weighted by Gasteiger charge is 2.17. The van der Waals surface area contributed by atoms with Crippen molar-refractivity contribution in [2.24, 2.45) is 0 Å². The molecule has 2 heterocycles. The lowest BCUT2D eigenvalue weighted by Gasteiger charge is -2.15. The van der Waals surface area contributed by atoms with Crippen LogP contribution in [0.3, 0.4) is 0 Å². The lowest BCUT2D eigenvalue weighted by atomic mass is 10.1. The minimum absolute atomic E-state index is 0.0846. The Labute approximate surface area is 199 Å². The van der Waals surface area contributed by atoms with Gasteiger partial charge >= 0.3 is 0 Å². The topological polar surface area (TPSA) is 82.5 Å². The first-order valence-electron chi connectivity index (χ1n) is 10.1. The monoisotopic (exact) mass is 481 g/mol. The highest BCUT2D eigenvalue weighted by Crippen LogP contribution is 2.30. The Morgan fingerprint density at radius 3 is 2.64 bits per heavy atom. The minimum atomic E-state index is -0.223. The summed E-state index contributed by atoms with van der Waals surface area (Å²) in [6.07, 6.45) is 0. The number of hydrogen-bond acceptors (Lipinski definition) is 7. The maximum absolute atomic E-state index is 13.3. The molecule has 0 radical (unpaired) electrons. The highest BCUT2D eigenvalue weighted by atomic mass is 32.2. The lowest BCUT2D eigenvalue weighted by Crippen LogP contribution is -2.23. The smallest absolute Gasteiger partial charge is 0.276 e. The second kappa shape index (κ2) is 9.68. The van der Waals surface area contributed by atoms with Crippen LogP contribution in [0.4, 0.5) is 5.69 Å². The Hall–Kier alpha value is -3.30. The van der Waals surface area contributed by atoms with E-state index in [2.05, 4.69) is 5.32 Å². The molecule has 9 heteroatoms. The third-order valence-electron chi connectivity index (χ3n) is 5.05. The second-order valence-electron chi connectivity index (χ2n) is 7.37. The summed E-state index contributed by atoms with van der Waals surface area (Å²) in [5.74, 6) is 0.966. The molecule has 0 spiro atoms. The van der Waals surface area contributed by atoms with Gasteiger partial charge in [0.1, 0.15) is 4.70 Å². The first kappa shape index (κ1) is 22.9. The van der Waals surface area contributed by atoms with Crippen LogP contribution in [0.25, 0.3) is 15.9 Å². The van der Waals surface area contributed by atoms with Gasteiger partial charge in [-0.05, 0) is 54.6 Å². The first-order valence-corrected chi connectivity index (χ1v) is 12.0. The third-order valence-corrected chi connectivity index (χ3v) is 6.88. The SMILES string of the molecule is COc1ccc(NC(=O)CSc2nc3ccsc3c(=O)n2-c2cc(C)ccc2C)cc1OC. The summed E-state index contributed by atoms with van der Waals surface area (Å²) in [7, 11) is 3.09. The van der Waals surface area contributed by atoms with Crippen molar-refractivity contribution in [3.8, 4) is 17.2 Å². The fourth-order valence-electron chi connectivity index (χ4n) is 3.40. The zero-order valence-corrected chi connectivity index (χ0v) is 20.3. The summed E-state index contributed by atoms with van der Waals surface area (Å²) in [5, 5.41) is 5.18. The zero-order valence-electron chi connectivity index (χ0n) is 18.7. The molecule has 0 aliphatic rings. The van der Waals surface area contributed by atoms with Gasteiger partial charge < -0.3 is 14.8 Å². The first-order chi connectivity index (χ1) is 15.9. The van der Waals surface area contributed by atoms with Crippen LogP contribution in [0.5, 0.6) is 11.5 Å². The zero-order chi connectivity index (χ0) is 23.5. The van der Waals surface area contributed by atoms with E-state index >= 15 is 0 Å². The van der Waals surface area contributed by atoms with Crippen molar-refractivity contribution in [3.63, 3.8) is 0 Å². The maximum Gasteiger partial charge on any atom is 0.276 e. The van der Waals surface area contributed by atoms with Crippen LogP contribution in [0, 0.1) is 13.8 Å². The van der Waals surface area contributed by atoms with Crippen molar-refractivity contribution in [3.05, 3.63) is 69.3 Å². The molecule has 4 aromatic rings. The van der Waals surface area contributed by atoms with E-state index in [9.17, 15) is 9.59 Å². The number of rotatable bonds is 7. The maximum atomic E-state index is 13.3. The summed E-state index contributed by atoms with van der Waals surface area (Å²) in [6.45, 7) is 3.94. The van der Waals surface area contributed by atoms with E-state index < -0.39 is 0 Å². The number of amides is 1. The van der Waals surface area contributed by atoms with Crippen LogP contribution in [-0.2, 0) is 4.79 Å². The Kier molecular flexibility index (Phi) is 6.71. The normalized spacial score (nSPS) is 10.9. The summed E-state index contributed by atoms with van der Waals surface area (Å²) in [5.41, 5.74) is 3.85. The number of fused-ring (bicyclic) bond motifs is 1. The van der Waals surface area contributed by atoms with Crippen LogP contribution in [-0.4, -0.2) is 35.4 Å². The average molecular weight is 482 g/mol. The second-order valence-corrected chi connectivity index (χ2v) is 9.23. The Bertz CT molecular complexity index is 1390. The highest BCUT2D eigenvalue weighted by molar-refractivity contribution is 7.99. The molecule has 33 heavy (non-hydrogen) atoms. The van der Waals surface area contributed by atoms with Crippen molar-refractivity contribution in [1.82, 2.24) is 9.55 Å². The molecule has 0 saturated carbocycles. The number of thioether (sulfide) groups is 1. The number of methoxy groups -OCH3 is 2. The molecule has 2 aromatic carbocycles. The van der Waals surface area contributed by atoms with Gasteiger partial charge in [0, 0.05) is 11.8 Å². The molecule has 170 valence electrons. The number of anilines is 1. The molecule has 0 atom stereocenters. The molecular formula is C24H23N3O4S2. The van der Waals surface area contributed by atoms with Crippen LogP contribution < -0.4 is 20.3 Å². The Morgan fingerprint density at radius 1 is 1.09 bits per heavy atom. The van der Waals surface area contributed by atoms with Crippen molar-refractivity contribution < 1.29 is 14.3 Å². The largest absolute Gasteiger partial charge is 0.493 e. The number of nitrogens with one attached hydrogen (secondary N) is 1. The number of carbonyl (C=O) groups is 1. The summed E-state index contributed by atoms with van der Waals surface area (Å²) < 4.78 is 12.7. The number of nitrogens with zero attached hydrogens (tertiary/aromatic N) is 2. The van der Waals surface area contributed by atoms with E-state index in [1.165, 1.54) is 30.2 Å². The van der Waals surface area contributed by atoms with Gasteiger partial charge in [0.2, 0.25) is 5.91 Å². The molecule has 7 nitrogen and oxygen atoms in total. The molecule has 0 saturated heterocycles. The number of aryl methyl sites for hydroxylation is 2. The standard InChI is InChI=1S/C24H23N3O4S2/c1-14-5-6-15(2)18(11-14)27-23(29)22-17(9-10-32-22)26-24(27)33-13-21(28)25-16-7-8-19(30-3)20(12-16)31-4/h5-12H,13H2,1-4H3,(H,25,28). The number of ether oxygens (including phenoxy) is 2. The molecule has 0 unspecified atom stereocenters. The molecule has 4 rings (SSSR count). The van der Waals surface area contributed by atoms with Gasteiger partial charge in [-0.2, -0.15) is 0 Å². The number of aromatic nitrogens is 2. The molecule has 0 aliphatic heterocycles. The minimum Gasteiger partial charge on any atom is -0.493 e. The van der Waals surface area contributed by atoms with Crippen molar-refractivity contribution >= 4 is 44.9 Å². The quantitative estimate of drug-likeness (QED) is 0.301. The Balaban J connectivity index is 1.63. The lowest BCUT2D eigenvalue weighted by molar-refractivity contribution is -0.113. The molecule has 0 bridgehead atoms. The van der Waals surface area contributed by atoms with Crippen molar-refractivity contribution in [2.75, 3.05) is 25.3 Å². The van der Waals surface area contributed by atoms with Crippen LogP contribution in [0.1, 0.15) is 11.1 Å². The molecule has 0 aliphatic carbocycles. The van der Waals surface area contributed by atoms with Gasteiger partial charge in [0.25, 0.3) is 5.56 Å². The number of thiophene rings is 1. The molecule has 2 aromatic heterocycles. The van der Waals surface area contributed by atoms with Gasteiger partial charge in [-0.25, -0.2) is 4.98 Å². The third kappa shape index (κ3) is 4.74. The molecular weight excluding hydrogens is 458 g/mol. The van der Waals surface area contributed by atoms with E-state index in [0.717, 1.165) is 16.8 Å². The average Bonchev–Trinajstić information content (AvgIpc) is 3.28. The van der Waals surface area contributed by atoms with E-state index in [4.69, 9.17) is 14.5 Å². The van der Waals surface area contributed by atoms with E-state index in [1.54, 1.807) is 29.9 Å². The fourth-order valence-corrected chi connectivity index (χ4v) is 4.97. The van der Waals surface area contributed by atoms with Gasteiger partial charge in [0.15, 0.2) is 16.7 Å². The number of benzene rings is 2. The van der Waals surface area contributed by atoms with Crippen molar-refractivity contribution in [2.45, 2.75) is 19.0 Å². The number of hydrogen-bond donors (Lipinski definition) is 1.